The molecule has 0 radical (unpaired) electrons. The molecule has 0 bridgehead atoms. The van der Waals surface area contributed by atoms with Crippen LogP contribution < -0.4 is 10.6 Å². The van der Waals surface area contributed by atoms with Gasteiger partial charge in [0.15, 0.2) is 0 Å². The van der Waals surface area contributed by atoms with Gasteiger partial charge in [-0.05, 0) is 30.4 Å². The van der Waals surface area contributed by atoms with E-state index in [0.717, 1.165) is 5.56 Å². The Bertz CT molecular complexity index is 1020. The summed E-state index contributed by atoms with van der Waals surface area (Å²) < 4.78 is 31.7. The number of carbonyl (C=O) groups is 4. The van der Waals surface area contributed by atoms with Gasteiger partial charge in [0.25, 0.3) is 0 Å². The Labute approximate surface area is 240 Å². The van der Waals surface area contributed by atoms with Gasteiger partial charge in [-0.3, -0.25) is 14.4 Å². The Morgan fingerprint density at radius 2 is 1.37 bits per heavy atom. The minimum absolute atomic E-state index is 0.0640. The molecule has 0 fully saturated rings. The Morgan fingerprint density at radius 3 is 1.71 bits per heavy atom. The molecule has 0 aliphatic carbocycles. The summed E-state index contributed by atoms with van der Waals surface area (Å²) in [7, 11) is 3.45. The molecule has 1 aromatic carbocycles. The fourth-order valence-electron chi connectivity index (χ4n) is 4.44. The lowest BCUT2D eigenvalue weighted by atomic mass is 9.76. The minimum Gasteiger partial charge on any atom is -0.481 e. The van der Waals surface area contributed by atoms with Crippen molar-refractivity contribution in [1.29, 1.82) is 0 Å². The van der Waals surface area contributed by atoms with E-state index < -0.39 is 46.9 Å². The lowest BCUT2D eigenvalue weighted by Gasteiger charge is -2.40. The van der Waals surface area contributed by atoms with Crippen LogP contribution in [-0.4, -0.2) is 77.3 Å². The number of benzene rings is 1. The summed E-state index contributed by atoms with van der Waals surface area (Å²) in [6.07, 6.45) is -4.74. The summed E-state index contributed by atoms with van der Waals surface area (Å²) in [6.45, 7) is 15.4. The largest absolute Gasteiger partial charge is 0.490 e. The van der Waals surface area contributed by atoms with Gasteiger partial charge in [0, 0.05) is 18.5 Å². The Balaban J connectivity index is 0.00000201. The standard InChI is InChI=1S/C27H45N3O4.C2HF3O2/c1-17(2)20(16-18(3)25(33)34)30(10)24(32)22(26(4,5)6)29-23(31)21(28-9)27(7,8)19-14-12-11-13-15-19;3-2(4,5)1(6)7/h11-15,17-18,20-22,28H,16H2,1-10H3,(H,29,31)(H,33,34);(H,6,7)/t18-,20+,21+,22+;/m0./s1. The van der Waals surface area contributed by atoms with Gasteiger partial charge in [-0.1, -0.05) is 85.7 Å². The number of hydrogen-bond donors (Lipinski definition) is 4. The summed E-state index contributed by atoms with van der Waals surface area (Å²) in [5.74, 6) is -4.62. The monoisotopic (exact) mass is 589 g/mol. The number of carboxylic acid groups (broad SMARTS) is 2. The molecule has 0 unspecified atom stereocenters. The first-order valence-electron chi connectivity index (χ1n) is 13.3. The van der Waals surface area contributed by atoms with Crippen molar-refractivity contribution in [3.8, 4) is 0 Å². The van der Waals surface area contributed by atoms with Crippen molar-refractivity contribution in [2.45, 2.75) is 91.5 Å². The van der Waals surface area contributed by atoms with Gasteiger partial charge in [0.2, 0.25) is 11.8 Å². The molecule has 9 nitrogen and oxygen atoms in total. The van der Waals surface area contributed by atoms with Crippen LogP contribution in [0.2, 0.25) is 0 Å². The van der Waals surface area contributed by atoms with Gasteiger partial charge in [-0.25, -0.2) is 4.79 Å². The van der Waals surface area contributed by atoms with Gasteiger partial charge in [0.1, 0.15) is 6.04 Å². The fraction of sp³-hybridized carbons (Fsp3) is 0.655. The minimum atomic E-state index is -5.08. The van der Waals surface area contributed by atoms with E-state index in [4.69, 9.17) is 9.90 Å². The van der Waals surface area contributed by atoms with Crippen LogP contribution in [0, 0.1) is 17.3 Å². The zero-order chi connectivity index (χ0) is 32.5. The number of likely N-dealkylation sites (N-methyl/N-ethyl adjacent to an activating group) is 2. The number of alkyl halides is 3. The number of aliphatic carboxylic acids is 2. The number of rotatable bonds is 11. The lowest BCUT2D eigenvalue weighted by Crippen LogP contribution is -2.61. The molecule has 1 aromatic rings. The van der Waals surface area contributed by atoms with E-state index in [2.05, 4.69) is 10.6 Å². The normalized spacial score (nSPS) is 15.1. The summed E-state index contributed by atoms with van der Waals surface area (Å²) in [6, 6.07) is 8.23. The van der Waals surface area contributed by atoms with E-state index in [9.17, 15) is 32.7 Å². The topological polar surface area (TPSA) is 136 Å². The van der Waals surface area contributed by atoms with Crippen molar-refractivity contribution in [2.24, 2.45) is 17.3 Å². The van der Waals surface area contributed by atoms with E-state index in [1.54, 1.807) is 25.9 Å². The molecule has 41 heavy (non-hydrogen) atoms. The van der Waals surface area contributed by atoms with Crippen molar-refractivity contribution < 1.29 is 42.6 Å². The molecule has 0 aromatic heterocycles. The molecule has 4 N–H and O–H groups in total. The maximum Gasteiger partial charge on any atom is 0.490 e. The average Bonchev–Trinajstić information content (AvgIpc) is 2.84. The quantitative estimate of drug-likeness (QED) is 0.302. The van der Waals surface area contributed by atoms with E-state index in [1.165, 1.54) is 0 Å². The Morgan fingerprint density at radius 1 is 0.902 bits per heavy atom. The molecule has 12 heteroatoms. The molecule has 4 atom stereocenters. The van der Waals surface area contributed by atoms with Crippen LogP contribution in [0.1, 0.15) is 67.4 Å². The van der Waals surface area contributed by atoms with E-state index in [0.29, 0.717) is 6.42 Å². The summed E-state index contributed by atoms with van der Waals surface area (Å²) in [4.78, 5) is 49.2. The van der Waals surface area contributed by atoms with Crippen molar-refractivity contribution >= 4 is 23.8 Å². The second-order valence-corrected chi connectivity index (χ2v) is 12.2. The van der Waals surface area contributed by atoms with Gasteiger partial charge in [0.05, 0.1) is 12.0 Å². The predicted octanol–water partition coefficient (Wildman–Crippen LogP) is 4.31. The average molecular weight is 590 g/mol. The van der Waals surface area contributed by atoms with Crippen molar-refractivity contribution in [1.82, 2.24) is 15.5 Å². The third-order valence-electron chi connectivity index (χ3n) is 7.06. The lowest BCUT2D eigenvalue weighted by molar-refractivity contribution is -0.192. The number of nitrogens with zero attached hydrogens (tertiary/aromatic N) is 1. The number of carboxylic acids is 2. The second-order valence-electron chi connectivity index (χ2n) is 12.2. The highest BCUT2D eigenvalue weighted by atomic mass is 19.4. The molecule has 1 rings (SSSR count). The first kappa shape index (κ1) is 37.9. The highest BCUT2D eigenvalue weighted by Gasteiger charge is 2.42. The van der Waals surface area contributed by atoms with Crippen LogP contribution in [-0.2, 0) is 24.6 Å². The predicted molar refractivity (Wildman–Crippen MR) is 150 cm³/mol. The van der Waals surface area contributed by atoms with Crippen molar-refractivity contribution in [3.63, 3.8) is 0 Å². The summed E-state index contributed by atoms with van der Waals surface area (Å²) >= 11 is 0. The number of hydrogen-bond acceptors (Lipinski definition) is 5. The van der Waals surface area contributed by atoms with Gasteiger partial charge in [-0.15, -0.1) is 0 Å². The maximum atomic E-state index is 13.7. The molecule has 0 aliphatic heterocycles. The van der Waals surface area contributed by atoms with E-state index in [1.807, 2.05) is 78.8 Å². The summed E-state index contributed by atoms with van der Waals surface area (Å²) in [5.41, 5.74) is -0.0480. The molecule has 0 spiro atoms. The molecular weight excluding hydrogens is 543 g/mol. The molecule has 0 aliphatic rings. The smallest absolute Gasteiger partial charge is 0.481 e. The second kappa shape index (κ2) is 15.2. The SMILES string of the molecule is CN[C@H](C(=O)N[C@H](C(=O)N(C)[C@H](C[C@H](C)C(=O)O)C(C)C)C(C)(C)C)C(C)(C)c1ccccc1.O=C(O)C(F)(F)F. The number of halogens is 3. The highest BCUT2D eigenvalue weighted by Crippen LogP contribution is 2.29. The third-order valence-corrected chi connectivity index (χ3v) is 7.06. The first-order valence-corrected chi connectivity index (χ1v) is 13.3. The third kappa shape index (κ3) is 11.3. The van der Waals surface area contributed by atoms with Gasteiger partial charge in [-0.2, -0.15) is 13.2 Å². The fourth-order valence-corrected chi connectivity index (χ4v) is 4.44. The molecular formula is C29H46F3N3O6. The van der Waals surface area contributed by atoms with Crippen LogP contribution in [0.4, 0.5) is 13.2 Å². The van der Waals surface area contributed by atoms with Gasteiger partial charge >= 0.3 is 18.1 Å². The molecule has 0 saturated heterocycles. The number of amides is 2. The molecule has 234 valence electrons. The highest BCUT2D eigenvalue weighted by molar-refractivity contribution is 5.91. The molecule has 0 saturated carbocycles. The van der Waals surface area contributed by atoms with E-state index in [-0.39, 0.29) is 23.8 Å². The number of carbonyl (C=O) groups excluding carboxylic acids is 2. The van der Waals surface area contributed by atoms with Crippen molar-refractivity contribution in [3.05, 3.63) is 35.9 Å². The molecule has 0 heterocycles. The Hall–Kier alpha value is -3.15. The Kier molecular flexibility index (Phi) is 14.0. The number of nitrogens with one attached hydrogen (secondary N) is 2. The first-order chi connectivity index (χ1) is 18.5. The van der Waals surface area contributed by atoms with Crippen molar-refractivity contribution in [2.75, 3.05) is 14.1 Å². The van der Waals surface area contributed by atoms with Crippen LogP contribution in [0.25, 0.3) is 0 Å². The maximum absolute atomic E-state index is 13.7. The van der Waals surface area contributed by atoms with Crippen LogP contribution in [0.15, 0.2) is 30.3 Å². The zero-order valence-electron chi connectivity index (χ0n) is 25.6. The van der Waals surface area contributed by atoms with Gasteiger partial charge < -0.3 is 25.7 Å². The van der Waals surface area contributed by atoms with Crippen LogP contribution >= 0.6 is 0 Å². The van der Waals surface area contributed by atoms with Crippen LogP contribution in [0.3, 0.4) is 0 Å². The molecule has 2 amide bonds. The van der Waals surface area contributed by atoms with E-state index >= 15 is 0 Å². The van der Waals surface area contributed by atoms with Crippen LogP contribution in [0.5, 0.6) is 0 Å². The zero-order valence-corrected chi connectivity index (χ0v) is 25.6. The summed E-state index contributed by atoms with van der Waals surface area (Å²) in [5, 5.41) is 22.7.